The molecule has 0 radical (unpaired) electrons. The molecule has 6 heteroatoms. The van der Waals surface area contributed by atoms with Gasteiger partial charge in [-0.3, -0.25) is 4.79 Å². The summed E-state index contributed by atoms with van der Waals surface area (Å²) in [4.78, 5) is 14.7. The molecule has 0 saturated carbocycles. The van der Waals surface area contributed by atoms with Crippen LogP contribution in [0.25, 0.3) is 6.08 Å². The SMILES string of the molecule is O=C(/C=C/c1ccc(OC(F)F)cc1)c1ccc2c(c1)Nc1ccccc1S2. The number of hydrogen-bond donors (Lipinski definition) is 1. The zero-order valence-corrected chi connectivity index (χ0v) is 15.4. The number of halogens is 2. The van der Waals surface area contributed by atoms with Gasteiger partial charge in [-0.15, -0.1) is 0 Å². The molecule has 0 bridgehead atoms. The highest BCUT2D eigenvalue weighted by molar-refractivity contribution is 7.99. The summed E-state index contributed by atoms with van der Waals surface area (Å²) in [5, 5.41) is 3.36. The lowest BCUT2D eigenvalue weighted by molar-refractivity contribution is -0.0498. The first-order valence-electron chi connectivity index (χ1n) is 8.54. The Morgan fingerprint density at radius 1 is 0.964 bits per heavy atom. The molecule has 28 heavy (non-hydrogen) atoms. The molecule has 4 rings (SSSR count). The summed E-state index contributed by atoms with van der Waals surface area (Å²) in [6.07, 6.45) is 3.11. The molecule has 0 spiro atoms. The highest BCUT2D eigenvalue weighted by atomic mass is 32.2. The lowest BCUT2D eigenvalue weighted by Gasteiger charge is -2.20. The minimum absolute atomic E-state index is 0.0806. The number of nitrogens with one attached hydrogen (secondary N) is 1. The average Bonchev–Trinajstić information content (AvgIpc) is 2.70. The third-order valence-corrected chi connectivity index (χ3v) is 5.32. The topological polar surface area (TPSA) is 38.3 Å². The Morgan fingerprint density at radius 3 is 2.50 bits per heavy atom. The second kappa shape index (κ2) is 7.86. The second-order valence-electron chi connectivity index (χ2n) is 6.08. The van der Waals surface area contributed by atoms with Gasteiger partial charge in [-0.1, -0.05) is 42.1 Å². The van der Waals surface area contributed by atoms with Gasteiger partial charge in [-0.05, 0) is 54.1 Å². The van der Waals surface area contributed by atoms with Gasteiger partial charge in [0.05, 0.1) is 11.4 Å². The number of carbonyl (C=O) groups excluding carboxylic acids is 1. The van der Waals surface area contributed by atoms with Crippen molar-refractivity contribution in [3.63, 3.8) is 0 Å². The Balaban J connectivity index is 1.48. The summed E-state index contributed by atoms with van der Waals surface area (Å²) >= 11 is 1.66. The minimum atomic E-state index is -2.86. The van der Waals surface area contributed by atoms with Crippen LogP contribution in [0.1, 0.15) is 15.9 Å². The third-order valence-electron chi connectivity index (χ3n) is 4.17. The molecule has 1 N–H and O–H groups in total. The number of carbonyl (C=O) groups is 1. The van der Waals surface area contributed by atoms with Crippen LogP contribution in [0.2, 0.25) is 0 Å². The van der Waals surface area contributed by atoms with Gasteiger partial charge in [-0.25, -0.2) is 0 Å². The first-order valence-corrected chi connectivity index (χ1v) is 9.35. The van der Waals surface area contributed by atoms with Crippen LogP contribution in [0.3, 0.4) is 0 Å². The maximum Gasteiger partial charge on any atom is 0.387 e. The van der Waals surface area contributed by atoms with E-state index in [2.05, 4.69) is 16.1 Å². The van der Waals surface area contributed by atoms with Gasteiger partial charge >= 0.3 is 6.61 Å². The molecule has 0 fully saturated rings. The first-order chi connectivity index (χ1) is 13.6. The monoisotopic (exact) mass is 395 g/mol. The van der Waals surface area contributed by atoms with Crippen molar-refractivity contribution in [1.82, 2.24) is 0 Å². The summed E-state index contributed by atoms with van der Waals surface area (Å²) in [6, 6.07) is 19.7. The van der Waals surface area contributed by atoms with E-state index in [1.807, 2.05) is 30.3 Å². The molecule has 1 aliphatic rings. The predicted molar refractivity (Wildman–Crippen MR) is 107 cm³/mol. The molecular weight excluding hydrogens is 380 g/mol. The molecule has 3 aromatic carbocycles. The highest BCUT2D eigenvalue weighted by Crippen LogP contribution is 2.44. The van der Waals surface area contributed by atoms with E-state index < -0.39 is 6.61 Å². The molecule has 0 unspecified atom stereocenters. The standard InChI is InChI=1S/C22H15F2NO2S/c23-22(24)27-16-9-5-14(6-10-16)7-11-19(26)15-8-12-21-18(13-15)25-17-3-1-2-4-20(17)28-21/h1-13,22,25H/b11-7+. The number of benzene rings is 3. The van der Waals surface area contributed by atoms with Gasteiger partial charge in [0.15, 0.2) is 5.78 Å². The number of alkyl halides is 2. The maximum absolute atomic E-state index is 12.5. The van der Waals surface area contributed by atoms with Crippen LogP contribution >= 0.6 is 11.8 Å². The van der Waals surface area contributed by atoms with Crippen molar-refractivity contribution in [3.05, 3.63) is 83.9 Å². The van der Waals surface area contributed by atoms with Gasteiger partial charge in [0.1, 0.15) is 5.75 Å². The minimum Gasteiger partial charge on any atom is -0.435 e. The van der Waals surface area contributed by atoms with Gasteiger partial charge in [0.2, 0.25) is 0 Å². The Morgan fingerprint density at radius 2 is 1.71 bits per heavy atom. The zero-order valence-electron chi connectivity index (χ0n) is 14.6. The quantitative estimate of drug-likeness (QED) is 0.314. The van der Waals surface area contributed by atoms with Crippen molar-refractivity contribution >= 4 is 35.0 Å². The lowest BCUT2D eigenvalue weighted by atomic mass is 10.1. The largest absolute Gasteiger partial charge is 0.435 e. The van der Waals surface area contributed by atoms with E-state index in [0.29, 0.717) is 5.56 Å². The van der Waals surface area contributed by atoms with Crippen LogP contribution in [-0.4, -0.2) is 12.4 Å². The number of hydrogen-bond acceptors (Lipinski definition) is 4. The van der Waals surface area contributed by atoms with Gasteiger partial charge in [-0.2, -0.15) is 8.78 Å². The van der Waals surface area contributed by atoms with Crippen molar-refractivity contribution in [2.75, 3.05) is 5.32 Å². The fourth-order valence-corrected chi connectivity index (χ4v) is 3.79. The van der Waals surface area contributed by atoms with Gasteiger partial charge in [0.25, 0.3) is 0 Å². The molecule has 140 valence electrons. The summed E-state index contributed by atoms with van der Waals surface area (Å²) in [5.74, 6) is -0.0571. The molecular formula is C22H15F2NO2S. The van der Waals surface area contributed by atoms with Crippen molar-refractivity contribution in [3.8, 4) is 5.75 Å². The molecule has 0 amide bonds. The highest BCUT2D eigenvalue weighted by Gasteiger charge is 2.16. The van der Waals surface area contributed by atoms with Crippen LogP contribution in [0, 0.1) is 0 Å². The summed E-state index contributed by atoms with van der Waals surface area (Å²) in [6.45, 7) is -2.86. The molecule has 3 nitrogen and oxygen atoms in total. The van der Waals surface area contributed by atoms with Crippen LogP contribution in [0.5, 0.6) is 5.75 Å². The Hall–Kier alpha value is -3.12. The Labute approximate surface area is 165 Å². The van der Waals surface area contributed by atoms with Crippen molar-refractivity contribution in [2.45, 2.75) is 16.4 Å². The normalized spacial score (nSPS) is 12.4. The number of allylic oxidation sites excluding steroid dienone is 1. The van der Waals surface area contributed by atoms with Crippen LogP contribution in [-0.2, 0) is 0 Å². The molecule has 3 aromatic rings. The second-order valence-corrected chi connectivity index (χ2v) is 7.16. The van der Waals surface area contributed by atoms with E-state index in [1.165, 1.54) is 18.2 Å². The molecule has 0 aliphatic carbocycles. The van der Waals surface area contributed by atoms with Crippen molar-refractivity contribution < 1.29 is 18.3 Å². The van der Waals surface area contributed by atoms with Gasteiger partial charge in [0, 0.05) is 15.4 Å². The van der Waals surface area contributed by atoms with Gasteiger partial charge < -0.3 is 10.1 Å². The Kier molecular flexibility index (Phi) is 5.12. The number of ketones is 1. The third kappa shape index (κ3) is 4.07. The fourth-order valence-electron chi connectivity index (χ4n) is 2.82. The number of rotatable bonds is 5. The van der Waals surface area contributed by atoms with E-state index in [1.54, 1.807) is 36.0 Å². The van der Waals surface area contributed by atoms with E-state index in [-0.39, 0.29) is 11.5 Å². The first kappa shape index (κ1) is 18.3. The van der Waals surface area contributed by atoms with Crippen LogP contribution in [0.15, 0.2) is 82.6 Å². The Bertz CT molecular complexity index is 1050. The smallest absolute Gasteiger partial charge is 0.387 e. The van der Waals surface area contributed by atoms with Crippen molar-refractivity contribution in [2.24, 2.45) is 0 Å². The number of fused-ring (bicyclic) bond motifs is 2. The van der Waals surface area contributed by atoms with E-state index >= 15 is 0 Å². The maximum atomic E-state index is 12.5. The molecule has 1 heterocycles. The predicted octanol–water partition coefficient (Wildman–Crippen LogP) is 6.39. The molecule has 0 saturated heterocycles. The summed E-state index contributed by atoms with van der Waals surface area (Å²) in [5.41, 5.74) is 3.21. The fraction of sp³-hybridized carbons (Fsp3) is 0.0455. The molecule has 0 atom stereocenters. The molecule has 1 aliphatic heterocycles. The van der Waals surface area contributed by atoms with E-state index in [0.717, 1.165) is 26.7 Å². The molecule has 0 aromatic heterocycles. The number of para-hydroxylation sites is 1. The van der Waals surface area contributed by atoms with Crippen molar-refractivity contribution in [1.29, 1.82) is 0 Å². The van der Waals surface area contributed by atoms with Crippen LogP contribution in [0.4, 0.5) is 20.2 Å². The van der Waals surface area contributed by atoms with E-state index in [4.69, 9.17) is 0 Å². The van der Waals surface area contributed by atoms with E-state index in [9.17, 15) is 13.6 Å². The number of anilines is 2. The number of ether oxygens (including phenoxy) is 1. The lowest BCUT2D eigenvalue weighted by Crippen LogP contribution is -2.02. The average molecular weight is 395 g/mol. The van der Waals surface area contributed by atoms with Crippen LogP contribution < -0.4 is 10.1 Å². The zero-order chi connectivity index (χ0) is 19.5. The summed E-state index contributed by atoms with van der Waals surface area (Å²) in [7, 11) is 0. The summed E-state index contributed by atoms with van der Waals surface area (Å²) < 4.78 is 28.7.